The summed E-state index contributed by atoms with van der Waals surface area (Å²) in [5.41, 5.74) is 0.134. The van der Waals surface area contributed by atoms with Crippen LogP contribution in [0.4, 0.5) is 24.8 Å². The molecule has 2 aromatic carbocycles. The highest BCUT2D eigenvalue weighted by Gasteiger charge is 2.24. The minimum Gasteiger partial charge on any atom is -0.353 e. The molecule has 35 heavy (non-hydrogen) atoms. The molecular weight excluding hydrogens is 481 g/mol. The Balaban J connectivity index is 1.54. The van der Waals surface area contributed by atoms with Crippen molar-refractivity contribution in [2.24, 2.45) is 4.99 Å². The summed E-state index contributed by atoms with van der Waals surface area (Å²) in [5.74, 6) is -3.05. The molecule has 2 unspecified atom stereocenters. The number of amides is 1. The Labute approximate surface area is 204 Å². The van der Waals surface area contributed by atoms with Crippen LogP contribution in [0.15, 0.2) is 59.9 Å². The number of hydrogen-bond acceptors (Lipinski definition) is 4. The van der Waals surface area contributed by atoms with E-state index >= 15 is 0 Å². The van der Waals surface area contributed by atoms with E-state index in [9.17, 15) is 18.0 Å². The first-order valence-corrected chi connectivity index (χ1v) is 11.3. The number of nitrogens with one attached hydrogen (secondary N) is 3. The minimum absolute atomic E-state index is 0.0306. The maximum Gasteiger partial charge on any atom is 0.280 e. The van der Waals surface area contributed by atoms with Gasteiger partial charge in [0, 0.05) is 40.8 Å². The monoisotopic (exact) mass is 502 g/mol. The Hall–Kier alpha value is -3.66. The summed E-state index contributed by atoms with van der Waals surface area (Å²) in [5, 5.41) is 9.52. The predicted octanol–water partition coefficient (Wildman–Crippen LogP) is 5.17. The van der Waals surface area contributed by atoms with Crippen LogP contribution in [0.1, 0.15) is 36.0 Å². The third-order valence-electron chi connectivity index (χ3n) is 5.42. The number of halogens is 4. The van der Waals surface area contributed by atoms with E-state index in [1.54, 1.807) is 18.5 Å². The van der Waals surface area contributed by atoms with Gasteiger partial charge >= 0.3 is 0 Å². The molecule has 1 fully saturated rings. The van der Waals surface area contributed by atoms with Gasteiger partial charge in [-0.05, 0) is 68.1 Å². The number of carbonyl (C=O) groups excluding carboxylic acids is 1. The molecule has 1 heterocycles. The highest BCUT2D eigenvalue weighted by molar-refractivity contribution is 6.31. The number of rotatable bonds is 5. The van der Waals surface area contributed by atoms with Gasteiger partial charge in [-0.2, -0.15) is 4.99 Å². The van der Waals surface area contributed by atoms with E-state index in [2.05, 4.69) is 30.9 Å². The number of anilines is 2. The van der Waals surface area contributed by atoms with E-state index in [1.165, 1.54) is 12.1 Å². The average Bonchev–Trinajstić information content (AvgIpc) is 2.81. The predicted molar refractivity (Wildman–Crippen MR) is 128 cm³/mol. The summed E-state index contributed by atoms with van der Waals surface area (Å²) >= 11 is 5.95. The normalized spacial score (nSPS) is 18.1. The van der Waals surface area contributed by atoms with Crippen molar-refractivity contribution in [1.82, 2.24) is 15.3 Å². The molecule has 0 saturated heterocycles. The van der Waals surface area contributed by atoms with Crippen molar-refractivity contribution in [3.8, 4) is 0 Å². The Morgan fingerprint density at radius 3 is 2.51 bits per heavy atom. The molecule has 4 rings (SSSR count). The Morgan fingerprint density at radius 2 is 1.77 bits per heavy atom. The van der Waals surface area contributed by atoms with Crippen LogP contribution in [0.25, 0.3) is 0 Å². The topological polar surface area (TPSA) is 91.3 Å². The number of carbonyl (C=O) groups is 1. The highest BCUT2D eigenvalue weighted by atomic mass is 35.5. The smallest absolute Gasteiger partial charge is 0.280 e. The van der Waals surface area contributed by atoms with Gasteiger partial charge in [-0.15, -0.1) is 0 Å². The van der Waals surface area contributed by atoms with Gasteiger partial charge in [0.15, 0.2) is 11.6 Å². The van der Waals surface area contributed by atoms with E-state index in [1.807, 2.05) is 0 Å². The fourth-order valence-corrected chi connectivity index (χ4v) is 4.08. The summed E-state index contributed by atoms with van der Waals surface area (Å²) in [6.45, 7) is 0. The molecule has 7 nitrogen and oxygen atoms in total. The summed E-state index contributed by atoms with van der Waals surface area (Å²) in [7, 11) is 0. The lowest BCUT2D eigenvalue weighted by atomic mass is 9.91. The molecule has 1 saturated carbocycles. The maximum atomic E-state index is 13.9. The Kier molecular flexibility index (Phi) is 7.81. The van der Waals surface area contributed by atoms with Crippen LogP contribution in [0.2, 0.25) is 5.02 Å². The molecule has 1 amide bonds. The molecule has 0 spiro atoms. The summed E-state index contributed by atoms with van der Waals surface area (Å²) < 4.78 is 40.8. The molecule has 0 aliphatic heterocycles. The molecular formula is C24H22ClF3N6O. The summed E-state index contributed by atoms with van der Waals surface area (Å²) in [4.78, 5) is 25.1. The molecule has 11 heteroatoms. The molecule has 3 aromatic rings. The van der Waals surface area contributed by atoms with E-state index in [0.717, 1.165) is 43.5 Å². The third-order valence-corrected chi connectivity index (χ3v) is 5.64. The fraction of sp³-hybridized carbons (Fsp3) is 0.250. The molecule has 1 aliphatic carbocycles. The second-order valence-electron chi connectivity index (χ2n) is 8.10. The maximum absolute atomic E-state index is 13.9. The van der Waals surface area contributed by atoms with Crippen LogP contribution < -0.4 is 16.0 Å². The van der Waals surface area contributed by atoms with Gasteiger partial charge < -0.3 is 16.0 Å². The number of hydrogen-bond donors (Lipinski definition) is 3. The van der Waals surface area contributed by atoms with Crippen LogP contribution in [-0.4, -0.2) is 33.9 Å². The molecule has 2 atom stereocenters. The zero-order valence-corrected chi connectivity index (χ0v) is 19.2. The van der Waals surface area contributed by atoms with Gasteiger partial charge in [-0.3, -0.25) is 4.79 Å². The highest BCUT2D eigenvalue weighted by Crippen LogP contribution is 2.22. The van der Waals surface area contributed by atoms with Crippen molar-refractivity contribution in [1.29, 1.82) is 0 Å². The largest absolute Gasteiger partial charge is 0.353 e. The number of aromatic nitrogens is 2. The first-order chi connectivity index (χ1) is 16.9. The van der Waals surface area contributed by atoms with Gasteiger partial charge in [0.25, 0.3) is 5.91 Å². The van der Waals surface area contributed by atoms with Crippen LogP contribution in [0.3, 0.4) is 0 Å². The summed E-state index contributed by atoms with van der Waals surface area (Å²) in [6.07, 6.45) is 6.55. The van der Waals surface area contributed by atoms with Crippen molar-refractivity contribution in [2.45, 2.75) is 37.8 Å². The quantitative estimate of drug-likeness (QED) is 0.329. The molecule has 1 aliphatic rings. The van der Waals surface area contributed by atoms with Gasteiger partial charge in [0.2, 0.25) is 11.9 Å². The number of guanidine groups is 1. The zero-order valence-electron chi connectivity index (χ0n) is 18.4. The first-order valence-electron chi connectivity index (χ1n) is 11.0. The summed E-state index contributed by atoms with van der Waals surface area (Å²) in [6, 6.07) is 8.30. The first kappa shape index (κ1) is 24.5. The Bertz CT molecular complexity index is 1210. The molecule has 3 N–H and O–H groups in total. The average molecular weight is 503 g/mol. The second kappa shape index (κ2) is 11.2. The van der Waals surface area contributed by atoms with Crippen molar-refractivity contribution >= 4 is 35.1 Å². The molecule has 0 bridgehead atoms. The zero-order chi connectivity index (χ0) is 24.8. The van der Waals surface area contributed by atoms with Crippen molar-refractivity contribution in [2.75, 3.05) is 10.6 Å². The van der Waals surface area contributed by atoms with Crippen LogP contribution in [-0.2, 0) is 0 Å². The van der Waals surface area contributed by atoms with Gasteiger partial charge in [0.05, 0.1) is 0 Å². The van der Waals surface area contributed by atoms with Crippen LogP contribution in [0, 0.1) is 17.5 Å². The van der Waals surface area contributed by atoms with E-state index < -0.39 is 23.4 Å². The lowest BCUT2D eigenvalue weighted by molar-refractivity contribution is 0.100. The molecule has 1 aromatic heterocycles. The fourth-order valence-electron chi connectivity index (χ4n) is 3.86. The number of nitrogens with zero attached hydrogens (tertiary/aromatic N) is 3. The van der Waals surface area contributed by atoms with Crippen LogP contribution >= 0.6 is 11.6 Å². The van der Waals surface area contributed by atoms with Gasteiger partial charge in [-0.1, -0.05) is 11.6 Å². The van der Waals surface area contributed by atoms with Crippen molar-refractivity contribution in [3.63, 3.8) is 0 Å². The SMILES string of the molecule is O=C(/N=C(/Nc1cc(F)cc(Cl)c1)NC1CCCC(Nc2ncccn2)C1)c1ccc(F)c(F)c1. The van der Waals surface area contributed by atoms with E-state index in [-0.39, 0.29) is 34.3 Å². The van der Waals surface area contributed by atoms with E-state index in [0.29, 0.717) is 12.4 Å². The van der Waals surface area contributed by atoms with Crippen LogP contribution in [0.5, 0.6) is 0 Å². The molecule has 0 radical (unpaired) electrons. The lowest BCUT2D eigenvalue weighted by Gasteiger charge is -2.31. The lowest BCUT2D eigenvalue weighted by Crippen LogP contribution is -2.44. The number of benzene rings is 2. The third kappa shape index (κ3) is 6.92. The van der Waals surface area contributed by atoms with Gasteiger partial charge in [0.1, 0.15) is 5.82 Å². The van der Waals surface area contributed by atoms with E-state index in [4.69, 9.17) is 11.6 Å². The van der Waals surface area contributed by atoms with Crippen molar-refractivity contribution < 1.29 is 18.0 Å². The van der Waals surface area contributed by atoms with Crippen molar-refractivity contribution in [3.05, 3.63) is 82.9 Å². The molecule has 182 valence electrons. The number of aliphatic imine (C=N–C) groups is 1. The minimum atomic E-state index is -1.16. The second-order valence-corrected chi connectivity index (χ2v) is 8.54. The Morgan fingerprint density at radius 1 is 1.00 bits per heavy atom. The standard InChI is InChI=1S/C24H22ClF3N6O/c25-15-10-16(26)12-19(11-15)33-24(34-22(35)14-5-6-20(27)21(28)9-14)32-18-4-1-3-17(13-18)31-23-29-7-2-8-30-23/h2,5-12,17-18H,1,3-4,13H2,(H,29,30,31)(H2,32,33,34,35). The van der Waals surface area contributed by atoms with Gasteiger partial charge in [-0.25, -0.2) is 23.1 Å².